The van der Waals surface area contributed by atoms with Gasteiger partial charge in [0.25, 0.3) is 0 Å². The number of rotatable bonds is 5. The first-order chi connectivity index (χ1) is 6.83. The number of para-hydroxylation sites is 1. The van der Waals surface area contributed by atoms with Gasteiger partial charge in [-0.05, 0) is 6.07 Å². The van der Waals surface area contributed by atoms with E-state index in [9.17, 15) is 4.79 Å². The van der Waals surface area contributed by atoms with Gasteiger partial charge in [0.1, 0.15) is 5.75 Å². The number of carbonyl (C=O) groups is 1. The van der Waals surface area contributed by atoms with E-state index in [2.05, 4.69) is 5.32 Å². The van der Waals surface area contributed by atoms with E-state index in [4.69, 9.17) is 9.84 Å². The lowest BCUT2D eigenvalue weighted by molar-refractivity contribution is -0.110. The fourth-order valence-electron chi connectivity index (χ4n) is 1.28. The van der Waals surface area contributed by atoms with E-state index in [0.29, 0.717) is 12.2 Å². The van der Waals surface area contributed by atoms with Crippen LogP contribution in [-0.4, -0.2) is 25.2 Å². The quantitative estimate of drug-likeness (QED) is 0.672. The lowest BCUT2D eigenvalue weighted by atomic mass is 10.1. The van der Waals surface area contributed by atoms with Crippen LogP contribution in [-0.2, 0) is 4.79 Å². The van der Waals surface area contributed by atoms with Crippen molar-refractivity contribution in [2.24, 2.45) is 0 Å². The molecule has 1 aromatic carbocycles. The number of ether oxygens (including phenoxy) is 1. The van der Waals surface area contributed by atoms with Crippen LogP contribution in [0.5, 0.6) is 5.75 Å². The van der Waals surface area contributed by atoms with Crippen LogP contribution in [0.15, 0.2) is 24.3 Å². The molecule has 14 heavy (non-hydrogen) atoms. The average Bonchev–Trinajstić information content (AvgIpc) is 2.26. The maximum Gasteiger partial charge on any atom is 0.207 e. The Balaban J connectivity index is 2.95. The van der Waals surface area contributed by atoms with Gasteiger partial charge in [0.15, 0.2) is 0 Å². The number of nitrogens with one attached hydrogen (secondary N) is 1. The maximum absolute atomic E-state index is 10.3. The number of hydrogen-bond donors (Lipinski definition) is 2. The van der Waals surface area contributed by atoms with E-state index in [0.717, 1.165) is 5.56 Å². The van der Waals surface area contributed by atoms with E-state index >= 15 is 0 Å². The molecule has 0 heterocycles. The number of hydrogen-bond acceptors (Lipinski definition) is 3. The second-order valence-corrected chi connectivity index (χ2v) is 2.76. The number of benzene rings is 1. The Morgan fingerprint density at radius 2 is 2.29 bits per heavy atom. The van der Waals surface area contributed by atoms with Crippen LogP contribution in [0, 0.1) is 0 Å². The lowest BCUT2D eigenvalue weighted by Crippen LogP contribution is -2.23. The van der Waals surface area contributed by atoms with Gasteiger partial charge in [0.2, 0.25) is 6.41 Å². The molecule has 0 spiro atoms. The van der Waals surface area contributed by atoms with Crippen LogP contribution in [0.1, 0.15) is 11.6 Å². The van der Waals surface area contributed by atoms with Crippen molar-refractivity contribution in [3.63, 3.8) is 0 Å². The molecule has 4 nitrogen and oxygen atoms in total. The molecule has 1 amide bonds. The predicted octanol–water partition coefficient (Wildman–Crippen LogP) is 0.475. The van der Waals surface area contributed by atoms with Gasteiger partial charge in [0.05, 0.1) is 19.8 Å². The van der Waals surface area contributed by atoms with Crippen molar-refractivity contribution in [3.8, 4) is 5.75 Å². The molecule has 76 valence electrons. The number of carbonyl (C=O) groups excluding carboxylic acids is 1. The van der Waals surface area contributed by atoms with Crippen LogP contribution in [0.3, 0.4) is 0 Å². The number of amides is 1. The van der Waals surface area contributed by atoms with Crippen molar-refractivity contribution in [1.82, 2.24) is 5.32 Å². The Labute approximate surface area is 82.5 Å². The summed E-state index contributed by atoms with van der Waals surface area (Å²) in [6.45, 7) is -0.154. The third-order valence-electron chi connectivity index (χ3n) is 1.97. The fraction of sp³-hybridized carbons (Fsp3) is 0.300. The number of methoxy groups -OCH3 is 1. The highest BCUT2D eigenvalue weighted by Gasteiger charge is 2.13. The molecule has 0 saturated carbocycles. The van der Waals surface area contributed by atoms with Gasteiger partial charge in [-0.3, -0.25) is 4.79 Å². The third kappa shape index (κ3) is 2.23. The van der Waals surface area contributed by atoms with Crippen molar-refractivity contribution in [2.45, 2.75) is 6.04 Å². The van der Waals surface area contributed by atoms with E-state index in [-0.39, 0.29) is 6.61 Å². The Morgan fingerprint density at radius 3 is 2.86 bits per heavy atom. The maximum atomic E-state index is 10.3. The van der Waals surface area contributed by atoms with E-state index in [1.54, 1.807) is 19.2 Å². The van der Waals surface area contributed by atoms with Crippen LogP contribution in [0.4, 0.5) is 0 Å². The zero-order valence-corrected chi connectivity index (χ0v) is 7.93. The zero-order valence-electron chi connectivity index (χ0n) is 7.93. The molecule has 4 heteroatoms. The minimum Gasteiger partial charge on any atom is -0.496 e. The summed E-state index contributed by atoms with van der Waals surface area (Å²) in [7, 11) is 1.55. The first-order valence-electron chi connectivity index (χ1n) is 4.27. The lowest BCUT2D eigenvalue weighted by Gasteiger charge is -2.16. The van der Waals surface area contributed by atoms with Gasteiger partial charge in [0, 0.05) is 5.56 Å². The summed E-state index contributed by atoms with van der Waals surface area (Å²) in [4.78, 5) is 10.3. The van der Waals surface area contributed by atoms with Gasteiger partial charge < -0.3 is 15.2 Å². The largest absolute Gasteiger partial charge is 0.496 e. The fourth-order valence-corrected chi connectivity index (χ4v) is 1.28. The van der Waals surface area contributed by atoms with Crippen molar-refractivity contribution in [2.75, 3.05) is 13.7 Å². The molecule has 1 atom stereocenters. The van der Waals surface area contributed by atoms with Gasteiger partial charge in [-0.1, -0.05) is 18.2 Å². The summed E-state index contributed by atoms with van der Waals surface area (Å²) in [6, 6.07) is 6.83. The molecule has 0 radical (unpaired) electrons. The van der Waals surface area contributed by atoms with E-state index < -0.39 is 6.04 Å². The highest BCUT2D eigenvalue weighted by Crippen LogP contribution is 2.23. The molecule has 0 aliphatic rings. The predicted molar refractivity (Wildman–Crippen MR) is 52.0 cm³/mol. The van der Waals surface area contributed by atoms with Crippen molar-refractivity contribution in [3.05, 3.63) is 29.8 Å². The van der Waals surface area contributed by atoms with E-state index in [1.807, 2.05) is 12.1 Å². The first kappa shape index (κ1) is 10.5. The Morgan fingerprint density at radius 1 is 1.57 bits per heavy atom. The summed E-state index contributed by atoms with van der Waals surface area (Å²) in [5, 5.41) is 11.6. The van der Waals surface area contributed by atoms with E-state index in [1.165, 1.54) is 0 Å². The molecule has 0 unspecified atom stereocenters. The normalized spacial score (nSPS) is 11.9. The molecule has 0 aliphatic heterocycles. The summed E-state index contributed by atoms with van der Waals surface area (Å²) in [5.41, 5.74) is 0.768. The number of aliphatic hydroxyl groups is 1. The Hall–Kier alpha value is -1.55. The van der Waals surface area contributed by atoms with Crippen molar-refractivity contribution >= 4 is 6.41 Å². The van der Waals surface area contributed by atoms with Gasteiger partial charge >= 0.3 is 0 Å². The highest BCUT2D eigenvalue weighted by molar-refractivity contribution is 5.49. The Bertz CT molecular complexity index is 301. The SMILES string of the molecule is COc1ccccc1[C@@H](CO)NC=O. The number of aliphatic hydroxyl groups excluding tert-OH is 1. The smallest absolute Gasteiger partial charge is 0.207 e. The molecular weight excluding hydrogens is 182 g/mol. The molecule has 0 bridgehead atoms. The van der Waals surface area contributed by atoms with Crippen LogP contribution < -0.4 is 10.1 Å². The molecule has 0 saturated heterocycles. The monoisotopic (exact) mass is 195 g/mol. The standard InChI is InChI=1S/C10H13NO3/c1-14-10-5-3-2-4-8(10)9(6-12)11-7-13/h2-5,7,9,12H,6H2,1H3,(H,11,13)/t9-/m1/s1. The molecule has 0 aromatic heterocycles. The average molecular weight is 195 g/mol. The van der Waals surface area contributed by atoms with Crippen LogP contribution in [0.25, 0.3) is 0 Å². The van der Waals surface area contributed by atoms with Gasteiger partial charge in [-0.25, -0.2) is 0 Å². The van der Waals surface area contributed by atoms with Crippen molar-refractivity contribution < 1.29 is 14.6 Å². The molecule has 0 fully saturated rings. The summed E-state index contributed by atoms with van der Waals surface area (Å²) >= 11 is 0. The minimum absolute atomic E-state index is 0.154. The third-order valence-corrected chi connectivity index (χ3v) is 1.97. The minimum atomic E-state index is -0.413. The van der Waals surface area contributed by atoms with Crippen LogP contribution >= 0.6 is 0 Å². The molecule has 1 aromatic rings. The van der Waals surface area contributed by atoms with Gasteiger partial charge in [-0.15, -0.1) is 0 Å². The zero-order chi connectivity index (χ0) is 10.4. The second-order valence-electron chi connectivity index (χ2n) is 2.76. The first-order valence-corrected chi connectivity index (χ1v) is 4.27. The summed E-state index contributed by atoms with van der Waals surface area (Å²) < 4.78 is 5.11. The summed E-state index contributed by atoms with van der Waals surface area (Å²) in [6.07, 6.45) is 0.563. The topological polar surface area (TPSA) is 58.6 Å². The molecule has 1 rings (SSSR count). The Kier molecular flexibility index (Phi) is 3.94. The summed E-state index contributed by atoms with van der Waals surface area (Å²) in [5.74, 6) is 0.654. The second kappa shape index (κ2) is 5.24. The molecule has 0 aliphatic carbocycles. The molecular formula is C10H13NO3. The van der Waals surface area contributed by atoms with Crippen LogP contribution in [0.2, 0.25) is 0 Å². The van der Waals surface area contributed by atoms with Gasteiger partial charge in [-0.2, -0.15) is 0 Å². The van der Waals surface area contributed by atoms with Crippen molar-refractivity contribution in [1.29, 1.82) is 0 Å². The highest BCUT2D eigenvalue weighted by atomic mass is 16.5. The molecule has 2 N–H and O–H groups in total.